The van der Waals surface area contributed by atoms with Crippen LogP contribution >= 0.6 is 7.37 Å². The topological polar surface area (TPSA) is 127 Å². The Balaban J connectivity index is 2.49. The number of carbonyl (C=O) groups excluding carboxylic acids is 1. The van der Waals surface area contributed by atoms with E-state index in [4.69, 9.17) is 10.8 Å². The van der Waals surface area contributed by atoms with Crippen molar-refractivity contribution in [1.29, 1.82) is 0 Å². The maximum absolute atomic E-state index is 11.8. The Kier molecular flexibility index (Phi) is 4.07. The molecular weight excluding hydrogens is 237 g/mol. The van der Waals surface area contributed by atoms with E-state index >= 15 is 0 Å². The van der Waals surface area contributed by atoms with Gasteiger partial charge in [-0.05, 0) is 6.42 Å². The van der Waals surface area contributed by atoms with E-state index in [0.717, 1.165) is 0 Å². The molecule has 0 amide bonds. The molecule has 3 atom stereocenters. The van der Waals surface area contributed by atoms with Crippen LogP contribution in [0.5, 0.6) is 0 Å². The van der Waals surface area contributed by atoms with Crippen LogP contribution in [0.15, 0.2) is 0 Å². The molecule has 2 unspecified atom stereocenters. The Labute approximate surface area is 92.0 Å². The number of cyclic esters (lactones) is 1. The quantitative estimate of drug-likeness (QED) is 0.438. The Morgan fingerprint density at radius 2 is 2.31 bits per heavy atom. The van der Waals surface area contributed by atoms with Crippen molar-refractivity contribution in [2.24, 2.45) is 5.73 Å². The van der Waals surface area contributed by atoms with Gasteiger partial charge in [-0.3, -0.25) is 14.2 Å². The summed E-state index contributed by atoms with van der Waals surface area (Å²) in [4.78, 5) is 30.8. The van der Waals surface area contributed by atoms with Crippen molar-refractivity contribution < 1.29 is 28.9 Å². The first-order chi connectivity index (χ1) is 7.33. The van der Waals surface area contributed by atoms with Gasteiger partial charge in [-0.25, -0.2) is 0 Å². The zero-order valence-corrected chi connectivity index (χ0v) is 9.43. The van der Waals surface area contributed by atoms with Gasteiger partial charge in [-0.2, -0.15) is 0 Å². The van der Waals surface area contributed by atoms with Gasteiger partial charge < -0.3 is 20.5 Å². The SMILES string of the molecule is N[C@@H](CCP(=O)(O)C1COC(=O)C1)C(=O)O. The highest BCUT2D eigenvalue weighted by Gasteiger charge is 2.38. The Morgan fingerprint density at radius 1 is 1.69 bits per heavy atom. The van der Waals surface area contributed by atoms with Gasteiger partial charge in [0.2, 0.25) is 7.37 Å². The molecule has 92 valence electrons. The predicted octanol–water partition coefficient (Wildman–Crippen LogP) is -0.626. The lowest BCUT2D eigenvalue weighted by Crippen LogP contribution is -2.31. The second-order valence-corrected chi connectivity index (χ2v) is 6.44. The molecule has 7 nitrogen and oxygen atoms in total. The third kappa shape index (κ3) is 3.30. The van der Waals surface area contributed by atoms with Crippen molar-refractivity contribution in [3.05, 3.63) is 0 Å². The van der Waals surface area contributed by atoms with Crippen LogP contribution < -0.4 is 5.73 Å². The second-order valence-electron chi connectivity index (χ2n) is 3.75. The minimum absolute atomic E-state index is 0.0745. The average molecular weight is 251 g/mol. The zero-order valence-electron chi connectivity index (χ0n) is 8.54. The van der Waals surface area contributed by atoms with Crippen molar-refractivity contribution in [1.82, 2.24) is 0 Å². The Morgan fingerprint density at radius 3 is 2.75 bits per heavy atom. The van der Waals surface area contributed by atoms with E-state index in [0.29, 0.717) is 0 Å². The average Bonchev–Trinajstić information content (AvgIpc) is 2.61. The number of aliphatic carboxylic acids is 1. The van der Waals surface area contributed by atoms with E-state index in [1.54, 1.807) is 0 Å². The van der Waals surface area contributed by atoms with Gasteiger partial charge in [0.1, 0.15) is 12.6 Å². The fourth-order valence-electron chi connectivity index (χ4n) is 1.39. The summed E-state index contributed by atoms with van der Waals surface area (Å²) < 4.78 is 16.4. The summed E-state index contributed by atoms with van der Waals surface area (Å²) in [5.74, 6) is -1.71. The molecule has 0 spiro atoms. The number of ether oxygens (including phenoxy) is 1. The van der Waals surface area contributed by atoms with Crippen LogP contribution in [0.4, 0.5) is 0 Å². The zero-order chi connectivity index (χ0) is 12.3. The fourth-order valence-corrected chi connectivity index (χ4v) is 3.14. The van der Waals surface area contributed by atoms with Gasteiger partial charge in [0.15, 0.2) is 0 Å². The molecule has 1 saturated heterocycles. The van der Waals surface area contributed by atoms with E-state index in [1.165, 1.54) is 0 Å². The largest absolute Gasteiger partial charge is 0.480 e. The van der Waals surface area contributed by atoms with Gasteiger partial charge in [0.25, 0.3) is 0 Å². The van der Waals surface area contributed by atoms with E-state index in [-0.39, 0.29) is 25.6 Å². The van der Waals surface area contributed by atoms with Crippen molar-refractivity contribution in [2.75, 3.05) is 12.8 Å². The van der Waals surface area contributed by atoms with Gasteiger partial charge >= 0.3 is 11.9 Å². The first-order valence-corrected chi connectivity index (χ1v) is 6.70. The summed E-state index contributed by atoms with van der Waals surface area (Å²) in [7, 11) is -3.56. The van der Waals surface area contributed by atoms with Crippen molar-refractivity contribution >= 4 is 19.3 Å². The molecule has 0 aliphatic carbocycles. The summed E-state index contributed by atoms with van der Waals surface area (Å²) >= 11 is 0. The summed E-state index contributed by atoms with van der Waals surface area (Å²) in [6.45, 7) is -0.0745. The maximum Gasteiger partial charge on any atom is 0.320 e. The third-order valence-electron chi connectivity index (χ3n) is 2.49. The van der Waals surface area contributed by atoms with E-state index in [9.17, 15) is 19.0 Å². The molecule has 1 fully saturated rings. The Bertz CT molecular complexity index is 343. The standard InChI is InChI=1S/C8H14NO6P/c9-6(8(11)12)1-2-16(13,14)5-3-7(10)15-4-5/h5-6H,1-4,9H2,(H,11,12)(H,13,14)/t5?,6-/m0/s1. The molecular formula is C8H14NO6P. The van der Waals surface area contributed by atoms with Crippen molar-refractivity contribution in [2.45, 2.75) is 24.5 Å². The highest BCUT2D eigenvalue weighted by Crippen LogP contribution is 2.50. The number of nitrogens with two attached hydrogens (primary N) is 1. The van der Waals surface area contributed by atoms with Crippen LogP contribution in [0.2, 0.25) is 0 Å². The molecule has 1 aliphatic heterocycles. The van der Waals surface area contributed by atoms with E-state index in [2.05, 4.69) is 4.74 Å². The van der Waals surface area contributed by atoms with Crippen LogP contribution in [0.25, 0.3) is 0 Å². The number of carboxylic acids is 1. The molecule has 1 rings (SSSR count). The number of esters is 1. The predicted molar refractivity (Wildman–Crippen MR) is 54.3 cm³/mol. The normalized spacial score (nSPS) is 25.9. The number of carbonyl (C=O) groups is 2. The monoisotopic (exact) mass is 251 g/mol. The summed E-state index contributed by atoms with van der Waals surface area (Å²) in [6.07, 6.45) is -0.383. The van der Waals surface area contributed by atoms with Gasteiger partial charge in [-0.1, -0.05) is 0 Å². The first kappa shape index (κ1) is 13.2. The highest BCUT2D eigenvalue weighted by atomic mass is 31.2. The fraction of sp³-hybridized carbons (Fsp3) is 0.750. The molecule has 4 N–H and O–H groups in total. The molecule has 0 saturated carbocycles. The van der Waals surface area contributed by atoms with E-state index in [1.807, 2.05) is 0 Å². The van der Waals surface area contributed by atoms with Crippen LogP contribution in [0.1, 0.15) is 12.8 Å². The van der Waals surface area contributed by atoms with Crippen LogP contribution in [-0.2, 0) is 18.9 Å². The number of carboxylic acid groups (broad SMARTS) is 1. The van der Waals surface area contributed by atoms with Gasteiger partial charge in [-0.15, -0.1) is 0 Å². The molecule has 0 aromatic heterocycles. The van der Waals surface area contributed by atoms with Gasteiger partial charge in [0.05, 0.1) is 12.1 Å². The van der Waals surface area contributed by atoms with Crippen LogP contribution in [-0.4, -0.2) is 46.4 Å². The minimum atomic E-state index is -3.56. The molecule has 0 aromatic rings. The van der Waals surface area contributed by atoms with Gasteiger partial charge in [0, 0.05) is 6.16 Å². The first-order valence-electron chi connectivity index (χ1n) is 4.78. The lowest BCUT2D eigenvalue weighted by atomic mass is 10.2. The second kappa shape index (κ2) is 4.95. The number of hydrogen-bond acceptors (Lipinski definition) is 5. The molecule has 16 heavy (non-hydrogen) atoms. The minimum Gasteiger partial charge on any atom is -0.480 e. The van der Waals surface area contributed by atoms with Crippen molar-refractivity contribution in [3.63, 3.8) is 0 Å². The third-order valence-corrected chi connectivity index (χ3v) is 4.86. The smallest absolute Gasteiger partial charge is 0.320 e. The number of rotatable bonds is 5. The summed E-state index contributed by atoms with van der Waals surface area (Å²) in [5, 5.41) is 8.51. The van der Waals surface area contributed by atoms with E-state index < -0.39 is 31.0 Å². The summed E-state index contributed by atoms with van der Waals surface area (Å²) in [6, 6.07) is -1.15. The summed E-state index contributed by atoms with van der Waals surface area (Å²) in [5.41, 5.74) is 4.50. The molecule has 0 radical (unpaired) electrons. The van der Waals surface area contributed by atoms with Crippen LogP contribution in [0, 0.1) is 0 Å². The molecule has 8 heteroatoms. The molecule has 1 aliphatic rings. The number of hydrogen-bond donors (Lipinski definition) is 3. The van der Waals surface area contributed by atoms with Crippen molar-refractivity contribution in [3.8, 4) is 0 Å². The highest BCUT2D eigenvalue weighted by molar-refractivity contribution is 7.58. The Hall–Kier alpha value is -0.910. The maximum atomic E-state index is 11.8. The molecule has 1 heterocycles. The molecule has 0 bridgehead atoms. The lowest BCUT2D eigenvalue weighted by molar-refractivity contribution is -0.139. The lowest BCUT2D eigenvalue weighted by Gasteiger charge is -2.16. The van der Waals surface area contributed by atoms with Crippen LogP contribution in [0.3, 0.4) is 0 Å². The molecule has 0 aromatic carbocycles.